The molecule has 2 heteroatoms. The predicted octanol–water partition coefficient (Wildman–Crippen LogP) is 4.02. The zero-order chi connectivity index (χ0) is 13.4. The fourth-order valence-electron chi connectivity index (χ4n) is 3.84. The van der Waals surface area contributed by atoms with Gasteiger partial charge >= 0.3 is 0 Å². The van der Waals surface area contributed by atoms with Gasteiger partial charge < -0.3 is 10.7 Å². The minimum Gasteiger partial charge on any atom is -0.358 e. The lowest BCUT2D eigenvalue weighted by molar-refractivity contribution is 0.441. The Morgan fingerprint density at radius 1 is 1.26 bits per heavy atom. The lowest BCUT2D eigenvalue weighted by atomic mass is 9.83. The van der Waals surface area contributed by atoms with Crippen molar-refractivity contribution in [2.24, 2.45) is 11.7 Å². The summed E-state index contributed by atoms with van der Waals surface area (Å²) < 4.78 is 0. The molecule has 0 amide bonds. The molecule has 102 valence electrons. The Bertz CT molecular complexity index is 576. The van der Waals surface area contributed by atoms with E-state index in [9.17, 15) is 0 Å². The van der Waals surface area contributed by atoms with Crippen LogP contribution in [0.15, 0.2) is 18.2 Å². The summed E-state index contributed by atoms with van der Waals surface area (Å²) in [6, 6.07) is 6.68. The summed E-state index contributed by atoms with van der Waals surface area (Å²) in [6.07, 6.45) is 5.45. The summed E-state index contributed by atoms with van der Waals surface area (Å²) in [7, 11) is 0. The van der Waals surface area contributed by atoms with Gasteiger partial charge in [-0.1, -0.05) is 24.5 Å². The zero-order valence-electron chi connectivity index (χ0n) is 12.0. The van der Waals surface area contributed by atoms with Crippen LogP contribution in [0.3, 0.4) is 0 Å². The molecular weight excluding hydrogens is 232 g/mol. The number of aryl methyl sites for hydroxylation is 2. The number of hydrogen-bond acceptors (Lipinski definition) is 1. The van der Waals surface area contributed by atoms with Crippen molar-refractivity contribution < 1.29 is 0 Å². The van der Waals surface area contributed by atoms with Crippen molar-refractivity contribution in [2.75, 3.05) is 6.54 Å². The summed E-state index contributed by atoms with van der Waals surface area (Å²) in [5.74, 6) is 1.31. The highest BCUT2D eigenvalue weighted by Crippen LogP contribution is 2.40. The van der Waals surface area contributed by atoms with Gasteiger partial charge in [0.15, 0.2) is 0 Å². The lowest BCUT2D eigenvalue weighted by Crippen LogP contribution is -2.20. The molecule has 2 aromatic rings. The number of aromatic amines is 1. The number of rotatable bonds is 3. The van der Waals surface area contributed by atoms with Crippen LogP contribution in [-0.4, -0.2) is 11.5 Å². The van der Waals surface area contributed by atoms with Crippen LogP contribution in [0.2, 0.25) is 0 Å². The Hall–Kier alpha value is -1.28. The molecular formula is C17H24N2. The number of nitrogens with two attached hydrogens (primary N) is 1. The maximum Gasteiger partial charge on any atom is 0.0459 e. The van der Waals surface area contributed by atoms with E-state index < -0.39 is 0 Å². The van der Waals surface area contributed by atoms with Crippen LogP contribution in [0, 0.1) is 19.8 Å². The van der Waals surface area contributed by atoms with E-state index in [-0.39, 0.29) is 0 Å². The smallest absolute Gasteiger partial charge is 0.0459 e. The Kier molecular flexibility index (Phi) is 3.36. The van der Waals surface area contributed by atoms with Crippen molar-refractivity contribution in [1.82, 2.24) is 4.98 Å². The van der Waals surface area contributed by atoms with Gasteiger partial charge in [-0.15, -0.1) is 0 Å². The first-order chi connectivity index (χ1) is 9.20. The van der Waals surface area contributed by atoms with Gasteiger partial charge in [0.1, 0.15) is 0 Å². The molecule has 1 aliphatic rings. The summed E-state index contributed by atoms with van der Waals surface area (Å²) >= 11 is 0. The van der Waals surface area contributed by atoms with Gasteiger partial charge in [0, 0.05) is 22.5 Å². The number of aromatic nitrogens is 1. The normalized spacial score (nSPS) is 18.3. The molecule has 2 nitrogen and oxygen atoms in total. The van der Waals surface area contributed by atoms with E-state index in [2.05, 4.69) is 37.0 Å². The highest BCUT2D eigenvalue weighted by molar-refractivity contribution is 5.86. The average molecular weight is 256 g/mol. The van der Waals surface area contributed by atoms with E-state index in [1.165, 1.54) is 53.4 Å². The van der Waals surface area contributed by atoms with Crippen molar-refractivity contribution in [3.05, 3.63) is 35.0 Å². The third-order valence-electron chi connectivity index (χ3n) is 4.79. The average Bonchev–Trinajstić information content (AvgIpc) is 3.00. The fraction of sp³-hybridized carbons (Fsp3) is 0.529. The van der Waals surface area contributed by atoms with Gasteiger partial charge in [0.05, 0.1) is 0 Å². The monoisotopic (exact) mass is 256 g/mol. The van der Waals surface area contributed by atoms with Gasteiger partial charge in [0.2, 0.25) is 0 Å². The minimum absolute atomic E-state index is 0.526. The quantitative estimate of drug-likeness (QED) is 0.855. The van der Waals surface area contributed by atoms with Gasteiger partial charge in [-0.3, -0.25) is 0 Å². The SMILES string of the molecule is Cc1ccc2[nH]c(C)c(C(CN)C3CCCC3)c2c1. The molecule has 19 heavy (non-hydrogen) atoms. The van der Waals surface area contributed by atoms with E-state index >= 15 is 0 Å². The standard InChI is InChI=1S/C17H24N2/c1-11-7-8-16-14(9-11)17(12(2)19-16)15(10-18)13-5-3-4-6-13/h7-9,13,15,19H,3-6,10,18H2,1-2H3. The molecule has 1 atom stereocenters. The minimum atomic E-state index is 0.526. The number of fused-ring (bicyclic) bond motifs is 1. The van der Waals surface area contributed by atoms with E-state index in [0.717, 1.165) is 12.5 Å². The molecule has 0 aliphatic heterocycles. The molecule has 3 rings (SSSR count). The first-order valence-electron chi connectivity index (χ1n) is 7.49. The Morgan fingerprint density at radius 3 is 2.68 bits per heavy atom. The molecule has 1 unspecified atom stereocenters. The summed E-state index contributed by atoms with van der Waals surface area (Å²) in [5, 5.41) is 1.39. The fourth-order valence-corrected chi connectivity index (χ4v) is 3.84. The van der Waals surface area contributed by atoms with Crippen molar-refractivity contribution in [3.8, 4) is 0 Å². The molecule has 0 bridgehead atoms. The molecule has 3 N–H and O–H groups in total. The second kappa shape index (κ2) is 5.01. The maximum absolute atomic E-state index is 6.13. The van der Waals surface area contributed by atoms with Gasteiger partial charge in [-0.2, -0.15) is 0 Å². The second-order valence-corrected chi connectivity index (χ2v) is 6.10. The van der Waals surface area contributed by atoms with Crippen LogP contribution >= 0.6 is 0 Å². The van der Waals surface area contributed by atoms with E-state index in [0.29, 0.717) is 5.92 Å². The number of hydrogen-bond donors (Lipinski definition) is 2. The number of nitrogens with one attached hydrogen (secondary N) is 1. The zero-order valence-corrected chi connectivity index (χ0v) is 12.0. The van der Waals surface area contributed by atoms with Crippen LogP contribution in [0.1, 0.15) is 48.4 Å². The summed E-state index contributed by atoms with van der Waals surface area (Å²) in [6.45, 7) is 5.13. The summed E-state index contributed by atoms with van der Waals surface area (Å²) in [5.41, 5.74) is 11.5. The number of H-pyrrole nitrogens is 1. The molecule has 1 aliphatic carbocycles. The van der Waals surface area contributed by atoms with Crippen LogP contribution < -0.4 is 5.73 Å². The van der Waals surface area contributed by atoms with Gasteiger partial charge in [-0.25, -0.2) is 0 Å². The summed E-state index contributed by atoms with van der Waals surface area (Å²) in [4.78, 5) is 3.54. The lowest BCUT2D eigenvalue weighted by Gasteiger charge is -2.22. The maximum atomic E-state index is 6.13. The Labute approximate surface area is 115 Å². The van der Waals surface area contributed by atoms with Crippen molar-refractivity contribution in [1.29, 1.82) is 0 Å². The molecule has 1 aromatic heterocycles. The van der Waals surface area contributed by atoms with E-state index in [1.807, 2.05) is 0 Å². The van der Waals surface area contributed by atoms with Crippen LogP contribution in [0.25, 0.3) is 10.9 Å². The number of benzene rings is 1. The second-order valence-electron chi connectivity index (χ2n) is 6.10. The largest absolute Gasteiger partial charge is 0.358 e. The van der Waals surface area contributed by atoms with Crippen LogP contribution in [-0.2, 0) is 0 Å². The van der Waals surface area contributed by atoms with Crippen molar-refractivity contribution >= 4 is 10.9 Å². The van der Waals surface area contributed by atoms with Crippen molar-refractivity contribution in [2.45, 2.75) is 45.4 Å². The first kappa shape index (κ1) is 12.7. The predicted molar refractivity (Wildman–Crippen MR) is 81.5 cm³/mol. The molecule has 1 saturated carbocycles. The van der Waals surface area contributed by atoms with Crippen LogP contribution in [0.4, 0.5) is 0 Å². The highest BCUT2D eigenvalue weighted by Gasteiger charge is 2.28. The Morgan fingerprint density at radius 2 is 2.00 bits per heavy atom. The topological polar surface area (TPSA) is 41.8 Å². The third kappa shape index (κ3) is 2.18. The Balaban J connectivity index is 2.11. The highest BCUT2D eigenvalue weighted by atomic mass is 14.7. The van der Waals surface area contributed by atoms with Gasteiger partial charge in [0.25, 0.3) is 0 Å². The molecule has 0 spiro atoms. The first-order valence-corrected chi connectivity index (χ1v) is 7.49. The molecule has 0 radical (unpaired) electrons. The molecule has 1 aromatic carbocycles. The third-order valence-corrected chi connectivity index (χ3v) is 4.79. The van der Waals surface area contributed by atoms with Gasteiger partial charge in [-0.05, 0) is 56.8 Å². The van der Waals surface area contributed by atoms with E-state index in [4.69, 9.17) is 5.73 Å². The molecule has 1 fully saturated rings. The van der Waals surface area contributed by atoms with E-state index in [1.54, 1.807) is 0 Å². The molecule has 1 heterocycles. The van der Waals surface area contributed by atoms with Crippen LogP contribution in [0.5, 0.6) is 0 Å². The molecule has 0 saturated heterocycles. The van der Waals surface area contributed by atoms with Crippen molar-refractivity contribution in [3.63, 3.8) is 0 Å².